The number of halogens is 1. The van der Waals surface area contributed by atoms with Gasteiger partial charge in [0.05, 0.1) is 0 Å². The van der Waals surface area contributed by atoms with Crippen molar-refractivity contribution in [1.29, 1.82) is 0 Å². The van der Waals surface area contributed by atoms with Crippen LogP contribution in [0.3, 0.4) is 0 Å². The van der Waals surface area contributed by atoms with Crippen LogP contribution in [0.1, 0.15) is 110 Å². The van der Waals surface area contributed by atoms with Crippen LogP contribution in [0.25, 0.3) is 0 Å². The van der Waals surface area contributed by atoms with Gasteiger partial charge in [0.2, 0.25) is 0 Å². The van der Waals surface area contributed by atoms with Gasteiger partial charge < -0.3 is 10.2 Å². The topological polar surface area (TPSA) is 40.5 Å². The molecule has 0 aromatic heterocycles. The second-order valence-electron chi connectivity index (χ2n) is 12.1. The largest absolute Gasteiger partial charge is 0.507 e. The Kier molecular flexibility index (Phi) is 7.37. The van der Waals surface area contributed by atoms with Crippen molar-refractivity contribution in [2.45, 2.75) is 98.3 Å². The Hall–Kier alpha value is -1.74. The number of hydrogen-bond donors (Lipinski definition) is 2. The maximum Gasteiger partial charge on any atom is 0.123 e. The third-order valence-electron chi connectivity index (χ3n) is 6.26. The zero-order valence-corrected chi connectivity index (χ0v) is 23.3. The summed E-state index contributed by atoms with van der Waals surface area (Å²) >= 11 is 3.67. The summed E-state index contributed by atoms with van der Waals surface area (Å²) in [5.41, 5.74) is 5.21. The van der Waals surface area contributed by atoms with Crippen molar-refractivity contribution in [3.8, 4) is 11.5 Å². The first-order valence-corrected chi connectivity index (χ1v) is 12.2. The van der Waals surface area contributed by atoms with E-state index in [4.69, 9.17) is 0 Å². The molecule has 1 unspecified atom stereocenters. The minimum atomic E-state index is -0.262. The molecule has 0 amide bonds. The van der Waals surface area contributed by atoms with Crippen molar-refractivity contribution < 1.29 is 10.2 Å². The van der Waals surface area contributed by atoms with Gasteiger partial charge in [0, 0.05) is 27.1 Å². The lowest BCUT2D eigenvalue weighted by Gasteiger charge is -2.31. The first kappa shape index (κ1) is 26.5. The number of hydrogen-bond acceptors (Lipinski definition) is 2. The van der Waals surface area contributed by atoms with E-state index in [1.165, 1.54) is 5.56 Å². The molecule has 0 aliphatic carbocycles. The average molecular weight is 502 g/mol. The molecule has 0 heterocycles. The van der Waals surface area contributed by atoms with Crippen LogP contribution in [0, 0.1) is 0 Å². The Morgan fingerprint density at radius 1 is 0.750 bits per heavy atom. The highest BCUT2D eigenvalue weighted by atomic mass is 79.9. The van der Waals surface area contributed by atoms with Gasteiger partial charge in [-0.1, -0.05) is 102 Å². The normalized spacial score (nSPS) is 14.6. The Morgan fingerprint density at radius 3 is 1.59 bits per heavy atom. The van der Waals surface area contributed by atoms with Gasteiger partial charge in [0.15, 0.2) is 0 Å². The van der Waals surface area contributed by atoms with Gasteiger partial charge in [-0.3, -0.25) is 0 Å². The minimum Gasteiger partial charge on any atom is -0.507 e. The quantitative estimate of drug-likeness (QED) is 0.413. The second kappa shape index (κ2) is 8.89. The Labute approximate surface area is 203 Å². The molecular weight excluding hydrogens is 460 g/mol. The van der Waals surface area contributed by atoms with Gasteiger partial charge in [-0.25, -0.2) is 0 Å². The zero-order chi connectivity index (χ0) is 24.8. The van der Waals surface area contributed by atoms with E-state index in [9.17, 15) is 10.2 Å². The highest BCUT2D eigenvalue weighted by molar-refractivity contribution is 9.10. The van der Waals surface area contributed by atoms with Gasteiger partial charge in [0.25, 0.3) is 0 Å². The maximum atomic E-state index is 11.6. The predicted octanol–water partition coefficient (Wildman–Crippen LogP) is 8.85. The molecule has 0 radical (unpaired) electrons. The monoisotopic (exact) mass is 500 g/mol. The van der Waals surface area contributed by atoms with Gasteiger partial charge >= 0.3 is 0 Å². The molecule has 2 rings (SSSR count). The predicted molar refractivity (Wildman–Crippen MR) is 141 cm³/mol. The molecular formula is C29H41BrO2. The highest BCUT2D eigenvalue weighted by Crippen LogP contribution is 2.48. The van der Waals surface area contributed by atoms with Crippen molar-refractivity contribution in [2.24, 2.45) is 0 Å². The van der Waals surface area contributed by atoms with Crippen LogP contribution in [-0.4, -0.2) is 10.2 Å². The summed E-state index contributed by atoms with van der Waals surface area (Å²) in [6.45, 7) is 23.4. The van der Waals surface area contributed by atoms with E-state index < -0.39 is 0 Å². The van der Waals surface area contributed by atoms with Crippen molar-refractivity contribution in [2.75, 3.05) is 0 Å². The summed E-state index contributed by atoms with van der Waals surface area (Å²) < 4.78 is 0.923. The molecule has 1 atom stereocenters. The standard InChI is InChI=1S/C29H41BrO2/c1-12-17(2)24(21-15-19(30)16-23(26(21)32)29(9,10)11)20-13-18(27(3,4)5)14-22(25(20)31)28(6,7)8/h12-16,24,31-32H,1-11H3. The van der Waals surface area contributed by atoms with Gasteiger partial charge in [0.1, 0.15) is 11.5 Å². The number of benzene rings is 2. The molecule has 0 saturated heterocycles. The molecule has 0 aliphatic rings. The van der Waals surface area contributed by atoms with E-state index in [0.29, 0.717) is 11.5 Å². The van der Waals surface area contributed by atoms with Crippen LogP contribution >= 0.6 is 15.9 Å². The molecule has 176 valence electrons. The van der Waals surface area contributed by atoms with E-state index >= 15 is 0 Å². The third-order valence-corrected chi connectivity index (χ3v) is 6.72. The SMILES string of the molecule is CC=C(C)C(c1cc(Br)cc(C(C)(C)C)c1O)c1cc(C(C)(C)C)cc(C(C)(C)C)c1O. The van der Waals surface area contributed by atoms with Crippen LogP contribution in [-0.2, 0) is 16.2 Å². The number of rotatable bonds is 3. The first-order chi connectivity index (χ1) is 14.4. The molecule has 0 spiro atoms. The van der Waals surface area contributed by atoms with Crippen molar-refractivity contribution in [3.63, 3.8) is 0 Å². The van der Waals surface area contributed by atoms with E-state index in [1.807, 2.05) is 19.1 Å². The van der Waals surface area contributed by atoms with E-state index in [1.54, 1.807) is 0 Å². The van der Waals surface area contributed by atoms with E-state index in [0.717, 1.165) is 32.3 Å². The fourth-order valence-corrected chi connectivity index (χ4v) is 4.59. The van der Waals surface area contributed by atoms with Crippen molar-refractivity contribution in [1.82, 2.24) is 0 Å². The molecule has 2 nitrogen and oxygen atoms in total. The molecule has 0 fully saturated rings. The van der Waals surface area contributed by atoms with Crippen LogP contribution < -0.4 is 0 Å². The lowest BCUT2D eigenvalue weighted by atomic mass is 9.74. The molecule has 0 saturated carbocycles. The molecule has 2 N–H and O–H groups in total. The Balaban J connectivity index is 3.01. The molecule has 3 heteroatoms. The fourth-order valence-electron chi connectivity index (χ4n) is 4.12. The molecule has 0 aliphatic heterocycles. The third kappa shape index (κ3) is 5.42. The van der Waals surface area contributed by atoms with Crippen LogP contribution in [0.2, 0.25) is 0 Å². The Bertz CT molecular complexity index is 1030. The molecule has 2 aromatic carbocycles. The second-order valence-corrected chi connectivity index (χ2v) is 13.0. The van der Waals surface area contributed by atoms with E-state index in [2.05, 4.69) is 103 Å². The van der Waals surface area contributed by atoms with Gasteiger partial charge in [-0.05, 0) is 53.4 Å². The highest BCUT2D eigenvalue weighted by Gasteiger charge is 2.32. The van der Waals surface area contributed by atoms with Gasteiger partial charge in [-0.2, -0.15) is 0 Å². The lowest BCUT2D eigenvalue weighted by Crippen LogP contribution is -2.19. The summed E-state index contributed by atoms with van der Waals surface area (Å²) in [6, 6.07) is 8.25. The summed E-state index contributed by atoms with van der Waals surface area (Å²) in [6.07, 6.45) is 2.07. The Morgan fingerprint density at radius 2 is 1.19 bits per heavy atom. The van der Waals surface area contributed by atoms with Crippen LogP contribution in [0.4, 0.5) is 0 Å². The fraction of sp³-hybridized carbons (Fsp3) is 0.517. The van der Waals surface area contributed by atoms with Crippen LogP contribution in [0.15, 0.2) is 40.4 Å². The zero-order valence-electron chi connectivity index (χ0n) is 21.7. The summed E-state index contributed by atoms with van der Waals surface area (Å²) in [5.74, 6) is 0.347. The van der Waals surface area contributed by atoms with E-state index in [-0.39, 0.29) is 22.2 Å². The lowest BCUT2D eigenvalue weighted by molar-refractivity contribution is 0.430. The average Bonchev–Trinajstić information content (AvgIpc) is 2.62. The summed E-state index contributed by atoms with van der Waals surface area (Å²) in [7, 11) is 0. The smallest absolute Gasteiger partial charge is 0.123 e. The molecule has 32 heavy (non-hydrogen) atoms. The molecule has 0 bridgehead atoms. The maximum absolute atomic E-state index is 11.6. The number of phenolic OH excluding ortho intramolecular Hbond substituents is 2. The van der Waals surface area contributed by atoms with Crippen molar-refractivity contribution >= 4 is 15.9 Å². The first-order valence-electron chi connectivity index (χ1n) is 11.4. The van der Waals surface area contributed by atoms with Crippen LogP contribution in [0.5, 0.6) is 11.5 Å². The number of aromatic hydroxyl groups is 2. The number of allylic oxidation sites excluding steroid dienone is 2. The molecule has 2 aromatic rings. The number of phenols is 2. The summed E-state index contributed by atoms with van der Waals surface area (Å²) in [4.78, 5) is 0. The summed E-state index contributed by atoms with van der Waals surface area (Å²) in [5, 5.41) is 23.0. The minimum absolute atomic E-state index is 0.0767. The van der Waals surface area contributed by atoms with Crippen molar-refractivity contribution in [3.05, 3.63) is 68.2 Å². The van der Waals surface area contributed by atoms with Gasteiger partial charge in [-0.15, -0.1) is 0 Å².